The molecule has 0 N–H and O–H groups in total. The van der Waals surface area contributed by atoms with Gasteiger partial charge in [-0.25, -0.2) is 4.39 Å². The molecule has 1 aliphatic rings. The highest BCUT2D eigenvalue weighted by molar-refractivity contribution is 9.09. The molecule has 1 fully saturated rings. The van der Waals surface area contributed by atoms with Crippen molar-refractivity contribution in [1.82, 2.24) is 0 Å². The zero-order chi connectivity index (χ0) is 7.40. The molecule has 1 heterocycles. The molecule has 0 radical (unpaired) electrons. The van der Waals surface area contributed by atoms with Crippen molar-refractivity contribution in [2.24, 2.45) is 0 Å². The van der Waals surface area contributed by atoms with Crippen LogP contribution in [-0.2, 0) is 4.74 Å². The predicted octanol–water partition coefficient (Wildman–Crippen LogP) is 2.29. The Morgan fingerprint density at radius 2 is 2.50 bits per heavy atom. The Bertz CT molecular complexity index is 93.6. The van der Waals surface area contributed by atoms with Crippen LogP contribution in [0.4, 0.5) is 4.39 Å². The number of alkyl halides is 2. The third-order valence-corrected chi connectivity index (χ3v) is 2.41. The van der Waals surface area contributed by atoms with E-state index in [4.69, 9.17) is 4.74 Å². The van der Waals surface area contributed by atoms with E-state index in [0.717, 1.165) is 19.4 Å². The van der Waals surface area contributed by atoms with Crippen molar-refractivity contribution in [2.75, 3.05) is 11.9 Å². The predicted molar refractivity (Wildman–Crippen MR) is 42.3 cm³/mol. The molecule has 1 nitrogen and oxygen atoms in total. The van der Waals surface area contributed by atoms with Crippen molar-refractivity contribution in [1.29, 1.82) is 0 Å². The zero-order valence-electron chi connectivity index (χ0n) is 5.85. The van der Waals surface area contributed by atoms with Gasteiger partial charge in [0.2, 0.25) is 0 Å². The molecule has 2 unspecified atom stereocenters. The molecule has 0 saturated carbocycles. The lowest BCUT2D eigenvalue weighted by molar-refractivity contribution is 0.0853. The van der Waals surface area contributed by atoms with Gasteiger partial charge in [-0.3, -0.25) is 0 Å². The Morgan fingerprint density at radius 1 is 1.70 bits per heavy atom. The first-order valence-electron chi connectivity index (χ1n) is 3.64. The lowest BCUT2D eigenvalue weighted by Gasteiger charge is -2.10. The van der Waals surface area contributed by atoms with Gasteiger partial charge in [-0.2, -0.15) is 0 Å². The molecule has 1 saturated heterocycles. The van der Waals surface area contributed by atoms with Crippen molar-refractivity contribution < 1.29 is 9.13 Å². The Morgan fingerprint density at radius 3 is 3.00 bits per heavy atom. The molecule has 2 atom stereocenters. The van der Waals surface area contributed by atoms with E-state index in [1.165, 1.54) is 0 Å². The molecule has 3 heteroatoms. The highest BCUT2D eigenvalue weighted by Gasteiger charge is 2.19. The number of hydrogen-bond donors (Lipinski definition) is 0. The Hall–Kier alpha value is 0.370. The van der Waals surface area contributed by atoms with Crippen molar-refractivity contribution in [2.45, 2.75) is 31.5 Å². The van der Waals surface area contributed by atoms with E-state index in [0.29, 0.717) is 11.8 Å². The first-order valence-corrected chi connectivity index (χ1v) is 4.76. The summed E-state index contributed by atoms with van der Waals surface area (Å²) >= 11 is 3.09. The van der Waals surface area contributed by atoms with Gasteiger partial charge in [0.1, 0.15) is 6.17 Å². The normalized spacial score (nSPS) is 28.8. The molecule has 0 bridgehead atoms. The van der Waals surface area contributed by atoms with Crippen LogP contribution in [-0.4, -0.2) is 24.2 Å². The summed E-state index contributed by atoms with van der Waals surface area (Å²) in [6, 6.07) is 0. The third-order valence-electron chi connectivity index (χ3n) is 1.71. The van der Waals surface area contributed by atoms with Gasteiger partial charge in [-0.15, -0.1) is 0 Å². The summed E-state index contributed by atoms with van der Waals surface area (Å²) < 4.78 is 17.9. The topological polar surface area (TPSA) is 9.23 Å². The van der Waals surface area contributed by atoms with Crippen LogP contribution in [0.1, 0.15) is 19.3 Å². The smallest absolute Gasteiger partial charge is 0.112 e. The Labute approximate surface area is 69.1 Å². The number of rotatable bonds is 3. The summed E-state index contributed by atoms with van der Waals surface area (Å²) in [6.07, 6.45) is 2.15. The van der Waals surface area contributed by atoms with Gasteiger partial charge < -0.3 is 4.74 Å². The number of hydrogen-bond acceptors (Lipinski definition) is 1. The SMILES string of the molecule is FC(CBr)CC1CCCO1. The Kier molecular flexibility index (Phi) is 3.63. The zero-order valence-corrected chi connectivity index (χ0v) is 7.44. The highest BCUT2D eigenvalue weighted by Crippen LogP contribution is 2.18. The fraction of sp³-hybridized carbons (Fsp3) is 1.00. The molecule has 10 heavy (non-hydrogen) atoms. The average Bonchev–Trinajstić information content (AvgIpc) is 2.40. The third kappa shape index (κ3) is 2.54. The Balaban J connectivity index is 2.11. The van der Waals surface area contributed by atoms with E-state index < -0.39 is 6.17 Å². The minimum atomic E-state index is -0.733. The van der Waals surface area contributed by atoms with Gasteiger partial charge in [0.05, 0.1) is 6.10 Å². The minimum absolute atomic E-state index is 0.188. The summed E-state index contributed by atoms with van der Waals surface area (Å²) in [6.45, 7) is 0.819. The van der Waals surface area contributed by atoms with Gasteiger partial charge in [0, 0.05) is 18.4 Å². The van der Waals surface area contributed by atoms with Gasteiger partial charge in [0.25, 0.3) is 0 Å². The molecule has 1 rings (SSSR count). The van der Waals surface area contributed by atoms with Gasteiger partial charge in [-0.05, 0) is 12.8 Å². The summed E-state index contributed by atoms with van der Waals surface area (Å²) in [5.41, 5.74) is 0. The summed E-state index contributed by atoms with van der Waals surface area (Å²) in [5, 5.41) is 0.437. The van der Waals surface area contributed by atoms with Crippen LogP contribution < -0.4 is 0 Å². The van der Waals surface area contributed by atoms with Crippen LogP contribution in [0.3, 0.4) is 0 Å². The second kappa shape index (κ2) is 4.29. The van der Waals surface area contributed by atoms with E-state index in [1.54, 1.807) is 0 Å². The van der Waals surface area contributed by atoms with Crippen LogP contribution in [0.15, 0.2) is 0 Å². The molecule has 0 aromatic rings. The second-order valence-electron chi connectivity index (χ2n) is 2.62. The van der Waals surface area contributed by atoms with Crippen LogP contribution in [0, 0.1) is 0 Å². The van der Waals surface area contributed by atoms with Crippen LogP contribution in [0.5, 0.6) is 0 Å². The van der Waals surface area contributed by atoms with E-state index in [-0.39, 0.29) is 6.10 Å². The maximum Gasteiger partial charge on any atom is 0.112 e. The van der Waals surface area contributed by atoms with Gasteiger partial charge in [0.15, 0.2) is 0 Å². The van der Waals surface area contributed by atoms with Crippen LogP contribution in [0.25, 0.3) is 0 Å². The fourth-order valence-electron chi connectivity index (χ4n) is 1.18. The van der Waals surface area contributed by atoms with E-state index in [9.17, 15) is 4.39 Å². The maximum atomic E-state index is 12.7. The molecule has 1 aliphatic heterocycles. The first-order chi connectivity index (χ1) is 4.83. The van der Waals surface area contributed by atoms with E-state index >= 15 is 0 Å². The average molecular weight is 211 g/mol. The monoisotopic (exact) mass is 210 g/mol. The molecular weight excluding hydrogens is 199 g/mol. The van der Waals surface area contributed by atoms with Gasteiger partial charge in [-0.1, -0.05) is 15.9 Å². The van der Waals surface area contributed by atoms with Gasteiger partial charge >= 0.3 is 0 Å². The number of halogens is 2. The molecule has 0 aliphatic carbocycles. The molecule has 60 valence electrons. The van der Waals surface area contributed by atoms with Crippen molar-refractivity contribution in [3.63, 3.8) is 0 Å². The summed E-state index contributed by atoms with van der Waals surface area (Å²) in [5.74, 6) is 0. The second-order valence-corrected chi connectivity index (χ2v) is 3.27. The molecule has 0 aromatic carbocycles. The van der Waals surface area contributed by atoms with E-state index in [1.807, 2.05) is 0 Å². The lowest BCUT2D eigenvalue weighted by atomic mass is 10.1. The first kappa shape index (κ1) is 8.47. The van der Waals surface area contributed by atoms with Crippen LogP contribution >= 0.6 is 15.9 Å². The van der Waals surface area contributed by atoms with Crippen molar-refractivity contribution >= 4 is 15.9 Å². The molecule has 0 spiro atoms. The lowest BCUT2D eigenvalue weighted by Crippen LogP contribution is -2.14. The van der Waals surface area contributed by atoms with Crippen molar-refractivity contribution in [3.8, 4) is 0 Å². The largest absolute Gasteiger partial charge is 0.378 e. The molecule has 0 amide bonds. The van der Waals surface area contributed by atoms with E-state index in [2.05, 4.69) is 15.9 Å². The highest BCUT2D eigenvalue weighted by atomic mass is 79.9. The minimum Gasteiger partial charge on any atom is -0.378 e. The standard InChI is InChI=1S/C7H12BrFO/c8-5-6(9)4-7-2-1-3-10-7/h6-7H,1-5H2. The number of ether oxygens (including phenoxy) is 1. The molecule has 0 aromatic heterocycles. The fourth-order valence-corrected chi connectivity index (χ4v) is 1.44. The van der Waals surface area contributed by atoms with Crippen LogP contribution in [0.2, 0.25) is 0 Å². The van der Waals surface area contributed by atoms with Crippen molar-refractivity contribution in [3.05, 3.63) is 0 Å². The quantitative estimate of drug-likeness (QED) is 0.650. The summed E-state index contributed by atoms with van der Waals surface area (Å²) in [4.78, 5) is 0. The molecular formula is C7H12BrFO. The summed E-state index contributed by atoms with van der Waals surface area (Å²) in [7, 11) is 0. The maximum absolute atomic E-state index is 12.7.